The lowest BCUT2D eigenvalue weighted by atomic mass is 10.2. The van der Waals surface area contributed by atoms with Gasteiger partial charge in [-0.3, -0.25) is 4.79 Å². The topological polar surface area (TPSA) is 50.2 Å². The van der Waals surface area contributed by atoms with Crippen molar-refractivity contribution in [3.63, 3.8) is 0 Å². The van der Waals surface area contributed by atoms with Crippen LogP contribution >= 0.6 is 22.9 Å². The molecule has 0 aliphatic carbocycles. The fraction of sp³-hybridized carbons (Fsp3) is 0.231. The second-order valence-corrected chi connectivity index (χ2v) is 5.31. The Morgan fingerprint density at radius 3 is 3.00 bits per heavy atom. The zero-order chi connectivity index (χ0) is 13.0. The number of hydrogen-bond acceptors (Lipinski definition) is 3. The van der Waals surface area contributed by atoms with Crippen molar-refractivity contribution in [1.82, 2.24) is 4.98 Å². The van der Waals surface area contributed by atoms with E-state index in [0.717, 1.165) is 27.7 Å². The highest BCUT2D eigenvalue weighted by molar-refractivity contribution is 7.09. The molecule has 2 aromatic rings. The molecule has 0 bridgehead atoms. The predicted molar refractivity (Wildman–Crippen MR) is 72.3 cm³/mol. The second kappa shape index (κ2) is 5.98. The van der Waals surface area contributed by atoms with Crippen LogP contribution in [0.3, 0.4) is 0 Å². The molecule has 0 aliphatic rings. The van der Waals surface area contributed by atoms with Crippen molar-refractivity contribution in [2.75, 3.05) is 0 Å². The average molecular weight is 282 g/mol. The highest BCUT2D eigenvalue weighted by atomic mass is 35.5. The average Bonchev–Trinajstić information content (AvgIpc) is 2.74. The van der Waals surface area contributed by atoms with Gasteiger partial charge >= 0.3 is 5.97 Å². The zero-order valence-electron chi connectivity index (χ0n) is 9.60. The Balaban J connectivity index is 2.00. The van der Waals surface area contributed by atoms with E-state index in [1.54, 1.807) is 11.3 Å². The summed E-state index contributed by atoms with van der Waals surface area (Å²) in [6.07, 6.45) is 1.35. The van der Waals surface area contributed by atoms with Gasteiger partial charge in [0.05, 0.1) is 17.1 Å². The number of rotatable bonds is 5. The van der Waals surface area contributed by atoms with Gasteiger partial charge in [-0.1, -0.05) is 23.7 Å². The standard InChI is InChI=1S/C13H12ClNO2S/c14-10-3-1-2-9(6-10)7-12-15-11(8-18-12)4-5-13(16)17/h1-3,6,8H,4-5,7H2,(H,16,17). The monoisotopic (exact) mass is 281 g/mol. The molecule has 0 fully saturated rings. The van der Waals surface area contributed by atoms with Gasteiger partial charge in [-0.2, -0.15) is 0 Å². The SMILES string of the molecule is O=C(O)CCc1csc(Cc2cccc(Cl)c2)n1. The number of hydrogen-bond donors (Lipinski definition) is 1. The van der Waals surface area contributed by atoms with Crippen molar-refractivity contribution in [3.05, 3.63) is 50.9 Å². The molecule has 0 spiro atoms. The number of thiazole rings is 1. The van der Waals surface area contributed by atoms with Crippen LogP contribution in [0.25, 0.3) is 0 Å². The Bertz CT molecular complexity index is 553. The van der Waals surface area contributed by atoms with Crippen molar-refractivity contribution in [1.29, 1.82) is 0 Å². The first-order valence-corrected chi connectivity index (χ1v) is 6.79. The summed E-state index contributed by atoms with van der Waals surface area (Å²) in [5, 5.41) is 12.2. The summed E-state index contributed by atoms with van der Waals surface area (Å²) in [7, 11) is 0. The van der Waals surface area contributed by atoms with Gasteiger partial charge in [-0.25, -0.2) is 4.98 Å². The third kappa shape index (κ3) is 3.82. The number of halogens is 1. The third-order valence-corrected chi connectivity index (χ3v) is 3.57. The van der Waals surface area contributed by atoms with Crippen molar-refractivity contribution in [3.8, 4) is 0 Å². The van der Waals surface area contributed by atoms with Crippen LogP contribution in [0.15, 0.2) is 29.6 Å². The second-order valence-electron chi connectivity index (χ2n) is 3.93. The molecule has 1 aromatic carbocycles. The molecule has 18 heavy (non-hydrogen) atoms. The first kappa shape index (κ1) is 13.1. The zero-order valence-corrected chi connectivity index (χ0v) is 11.2. The van der Waals surface area contributed by atoms with E-state index in [4.69, 9.17) is 16.7 Å². The molecular formula is C13H12ClNO2S. The van der Waals surface area contributed by atoms with E-state index in [1.807, 2.05) is 29.6 Å². The molecule has 0 saturated carbocycles. The van der Waals surface area contributed by atoms with Crippen LogP contribution in [0.4, 0.5) is 0 Å². The molecule has 0 radical (unpaired) electrons. The van der Waals surface area contributed by atoms with Crippen molar-refractivity contribution in [2.24, 2.45) is 0 Å². The number of carboxylic acid groups (broad SMARTS) is 1. The maximum absolute atomic E-state index is 10.5. The van der Waals surface area contributed by atoms with Crippen molar-refractivity contribution in [2.45, 2.75) is 19.3 Å². The van der Waals surface area contributed by atoms with Crippen LogP contribution < -0.4 is 0 Å². The van der Waals surface area contributed by atoms with Gasteiger partial charge in [-0.05, 0) is 17.7 Å². The molecule has 5 heteroatoms. The van der Waals surface area contributed by atoms with Gasteiger partial charge in [0, 0.05) is 23.2 Å². The molecule has 1 aromatic heterocycles. The minimum atomic E-state index is -0.792. The Hall–Kier alpha value is -1.39. The highest BCUT2D eigenvalue weighted by Crippen LogP contribution is 2.18. The summed E-state index contributed by atoms with van der Waals surface area (Å²) in [6, 6.07) is 7.67. The lowest BCUT2D eigenvalue weighted by molar-refractivity contribution is -0.136. The predicted octanol–water partition coefficient (Wildman–Crippen LogP) is 3.40. The van der Waals surface area contributed by atoms with E-state index in [-0.39, 0.29) is 6.42 Å². The summed E-state index contributed by atoms with van der Waals surface area (Å²) in [6.45, 7) is 0. The fourth-order valence-electron chi connectivity index (χ4n) is 1.60. The number of carboxylic acids is 1. The number of nitrogens with zero attached hydrogens (tertiary/aromatic N) is 1. The molecule has 1 N–H and O–H groups in total. The first-order chi connectivity index (χ1) is 8.63. The third-order valence-electron chi connectivity index (χ3n) is 2.44. The smallest absolute Gasteiger partial charge is 0.303 e. The van der Waals surface area contributed by atoms with E-state index in [2.05, 4.69) is 4.98 Å². The van der Waals surface area contributed by atoms with Gasteiger partial charge in [0.1, 0.15) is 0 Å². The normalized spacial score (nSPS) is 10.5. The molecule has 94 valence electrons. The van der Waals surface area contributed by atoms with Gasteiger partial charge < -0.3 is 5.11 Å². The number of carbonyl (C=O) groups is 1. The number of aryl methyl sites for hydroxylation is 1. The Morgan fingerprint density at radius 2 is 2.28 bits per heavy atom. The van der Waals surface area contributed by atoms with Crippen molar-refractivity contribution >= 4 is 28.9 Å². The van der Waals surface area contributed by atoms with E-state index >= 15 is 0 Å². The van der Waals surface area contributed by atoms with Gasteiger partial charge in [0.2, 0.25) is 0 Å². The maximum Gasteiger partial charge on any atom is 0.303 e. The highest BCUT2D eigenvalue weighted by Gasteiger charge is 2.05. The Labute approximate surface area is 114 Å². The van der Waals surface area contributed by atoms with E-state index in [0.29, 0.717) is 6.42 Å². The summed E-state index contributed by atoms with van der Waals surface area (Å²) in [4.78, 5) is 14.9. The van der Waals surface area contributed by atoms with E-state index in [9.17, 15) is 4.79 Å². The lowest BCUT2D eigenvalue weighted by Gasteiger charge is -1.98. The molecule has 0 aliphatic heterocycles. The van der Waals surface area contributed by atoms with Crippen molar-refractivity contribution < 1.29 is 9.90 Å². The molecule has 0 saturated heterocycles. The van der Waals surface area contributed by atoms with Crippen LogP contribution in [0, 0.1) is 0 Å². The summed E-state index contributed by atoms with van der Waals surface area (Å²) in [5.74, 6) is -0.792. The minimum Gasteiger partial charge on any atom is -0.481 e. The van der Waals surface area contributed by atoms with E-state index in [1.165, 1.54) is 0 Å². The molecule has 3 nitrogen and oxygen atoms in total. The van der Waals surface area contributed by atoms with Crippen LogP contribution in [-0.4, -0.2) is 16.1 Å². The molecule has 1 heterocycles. The molecule has 2 rings (SSSR count). The summed E-state index contributed by atoms with van der Waals surface area (Å²) in [5.41, 5.74) is 1.96. The quantitative estimate of drug-likeness (QED) is 0.914. The van der Waals surface area contributed by atoms with Crippen LogP contribution in [-0.2, 0) is 17.6 Å². The van der Waals surface area contributed by atoms with Gasteiger partial charge in [-0.15, -0.1) is 11.3 Å². The molecular weight excluding hydrogens is 270 g/mol. The summed E-state index contributed by atoms with van der Waals surface area (Å²) >= 11 is 7.47. The van der Waals surface area contributed by atoms with Gasteiger partial charge in [0.15, 0.2) is 0 Å². The number of aliphatic carboxylic acids is 1. The van der Waals surface area contributed by atoms with Crippen LogP contribution in [0.2, 0.25) is 5.02 Å². The van der Waals surface area contributed by atoms with Gasteiger partial charge in [0.25, 0.3) is 0 Å². The summed E-state index contributed by atoms with van der Waals surface area (Å²) < 4.78 is 0. The van der Waals surface area contributed by atoms with E-state index < -0.39 is 5.97 Å². The maximum atomic E-state index is 10.5. The molecule has 0 atom stereocenters. The lowest BCUT2D eigenvalue weighted by Crippen LogP contribution is -1.98. The van der Waals surface area contributed by atoms with Crippen LogP contribution in [0.5, 0.6) is 0 Å². The van der Waals surface area contributed by atoms with Crippen LogP contribution in [0.1, 0.15) is 22.7 Å². The Morgan fingerprint density at radius 1 is 1.44 bits per heavy atom. The number of benzene rings is 1. The molecule has 0 unspecified atom stereocenters. The first-order valence-electron chi connectivity index (χ1n) is 5.53. The number of aromatic nitrogens is 1. The minimum absolute atomic E-state index is 0.125. The largest absolute Gasteiger partial charge is 0.481 e. The Kier molecular flexibility index (Phi) is 4.33. The molecule has 0 amide bonds. The fourth-order valence-corrected chi connectivity index (χ4v) is 2.68.